The summed E-state index contributed by atoms with van der Waals surface area (Å²) in [5, 5.41) is 1.37. The van der Waals surface area contributed by atoms with Gasteiger partial charge in [-0.15, -0.1) is 0 Å². The standard InChI is InChI=1S/C16H19N3O/c1-19-8-10(16(17)20)5-12-11-3-2-4-13-15(11)9(7-18-13)6-14(12)19/h2-4,7,10,12,14,18H,5-6,8H2,1H3,(H2,17,20)/t10?,12?,14-/m1/s1. The number of H-pyrrole nitrogens is 1. The van der Waals surface area contributed by atoms with Gasteiger partial charge in [-0.2, -0.15) is 0 Å². The van der Waals surface area contributed by atoms with Gasteiger partial charge < -0.3 is 15.6 Å². The van der Waals surface area contributed by atoms with E-state index in [9.17, 15) is 4.79 Å². The molecule has 104 valence electrons. The fourth-order valence-corrected chi connectivity index (χ4v) is 4.15. The van der Waals surface area contributed by atoms with E-state index in [-0.39, 0.29) is 11.8 Å². The zero-order chi connectivity index (χ0) is 13.9. The number of hydrogen-bond donors (Lipinski definition) is 2. The summed E-state index contributed by atoms with van der Waals surface area (Å²) in [4.78, 5) is 17.3. The topological polar surface area (TPSA) is 62.1 Å². The highest BCUT2D eigenvalue weighted by Gasteiger charge is 2.40. The lowest BCUT2D eigenvalue weighted by Crippen LogP contribution is -2.50. The second-order valence-corrected chi connectivity index (χ2v) is 6.24. The number of amides is 1. The number of carbonyl (C=O) groups is 1. The molecule has 4 heteroatoms. The smallest absolute Gasteiger partial charge is 0.221 e. The van der Waals surface area contributed by atoms with Crippen LogP contribution in [-0.4, -0.2) is 35.4 Å². The van der Waals surface area contributed by atoms with E-state index in [1.165, 1.54) is 22.0 Å². The van der Waals surface area contributed by atoms with E-state index < -0.39 is 0 Å². The summed E-state index contributed by atoms with van der Waals surface area (Å²) < 4.78 is 0. The van der Waals surface area contributed by atoms with Gasteiger partial charge in [-0.25, -0.2) is 0 Å². The fraction of sp³-hybridized carbons (Fsp3) is 0.438. The molecule has 2 aliphatic rings. The monoisotopic (exact) mass is 269 g/mol. The summed E-state index contributed by atoms with van der Waals surface area (Å²) in [7, 11) is 2.12. The number of rotatable bonds is 1. The Balaban J connectivity index is 1.85. The zero-order valence-corrected chi connectivity index (χ0v) is 11.6. The minimum absolute atomic E-state index is 0.0306. The molecule has 2 unspecified atom stereocenters. The van der Waals surface area contributed by atoms with Crippen molar-refractivity contribution in [2.75, 3.05) is 13.6 Å². The number of likely N-dealkylation sites (tertiary alicyclic amines) is 1. The van der Waals surface area contributed by atoms with E-state index in [0.29, 0.717) is 12.0 Å². The van der Waals surface area contributed by atoms with Gasteiger partial charge in [0.25, 0.3) is 0 Å². The number of aromatic amines is 1. The molecule has 2 heterocycles. The second-order valence-electron chi connectivity index (χ2n) is 6.24. The highest BCUT2D eigenvalue weighted by atomic mass is 16.1. The maximum absolute atomic E-state index is 11.6. The molecule has 1 aromatic heterocycles. The molecule has 3 atom stereocenters. The number of aromatic nitrogens is 1. The number of nitrogens with two attached hydrogens (primary N) is 1. The summed E-state index contributed by atoms with van der Waals surface area (Å²) in [6, 6.07) is 6.93. The maximum Gasteiger partial charge on any atom is 0.221 e. The average Bonchev–Trinajstić information content (AvgIpc) is 2.84. The van der Waals surface area contributed by atoms with E-state index in [4.69, 9.17) is 5.73 Å². The van der Waals surface area contributed by atoms with Gasteiger partial charge in [-0.05, 0) is 37.1 Å². The van der Waals surface area contributed by atoms with Gasteiger partial charge in [0.2, 0.25) is 5.91 Å². The lowest BCUT2D eigenvalue weighted by Gasteiger charge is -2.44. The van der Waals surface area contributed by atoms with Crippen molar-refractivity contribution in [3.63, 3.8) is 0 Å². The average molecular weight is 269 g/mol. The van der Waals surface area contributed by atoms with Crippen LogP contribution in [0.4, 0.5) is 0 Å². The molecule has 1 saturated heterocycles. The summed E-state index contributed by atoms with van der Waals surface area (Å²) in [5.41, 5.74) is 9.55. The van der Waals surface area contributed by atoms with E-state index in [2.05, 4.69) is 41.3 Å². The summed E-state index contributed by atoms with van der Waals surface area (Å²) >= 11 is 0. The zero-order valence-electron chi connectivity index (χ0n) is 11.6. The Bertz CT molecular complexity index is 690. The number of likely N-dealkylation sites (N-methyl/N-ethyl adjacent to an activating group) is 1. The predicted octanol–water partition coefficient (Wildman–Crippen LogP) is 1.61. The number of carbonyl (C=O) groups excluding carboxylic acids is 1. The Morgan fingerprint density at radius 2 is 2.30 bits per heavy atom. The van der Waals surface area contributed by atoms with Crippen LogP contribution in [0.15, 0.2) is 24.4 Å². The Kier molecular flexibility index (Phi) is 2.45. The maximum atomic E-state index is 11.6. The highest BCUT2D eigenvalue weighted by molar-refractivity contribution is 5.88. The van der Waals surface area contributed by atoms with Crippen molar-refractivity contribution in [1.82, 2.24) is 9.88 Å². The minimum Gasteiger partial charge on any atom is -0.369 e. The summed E-state index contributed by atoms with van der Waals surface area (Å²) in [5.74, 6) is 0.220. The van der Waals surface area contributed by atoms with Crippen LogP contribution in [-0.2, 0) is 11.2 Å². The number of piperidine rings is 1. The highest BCUT2D eigenvalue weighted by Crippen LogP contribution is 2.44. The predicted molar refractivity (Wildman–Crippen MR) is 78.5 cm³/mol. The van der Waals surface area contributed by atoms with Gasteiger partial charge in [-0.1, -0.05) is 12.1 Å². The van der Waals surface area contributed by atoms with Crippen LogP contribution in [0, 0.1) is 5.92 Å². The minimum atomic E-state index is -0.164. The first-order chi connectivity index (χ1) is 9.65. The fourth-order valence-electron chi connectivity index (χ4n) is 4.15. The molecule has 3 N–H and O–H groups in total. The van der Waals surface area contributed by atoms with Gasteiger partial charge in [0.05, 0.1) is 5.92 Å². The Morgan fingerprint density at radius 3 is 3.10 bits per heavy atom. The molecule has 1 aromatic carbocycles. The largest absolute Gasteiger partial charge is 0.369 e. The summed E-state index contributed by atoms with van der Waals surface area (Å²) in [6.07, 6.45) is 4.08. The van der Waals surface area contributed by atoms with E-state index in [1.54, 1.807) is 0 Å². The Morgan fingerprint density at radius 1 is 1.45 bits per heavy atom. The quantitative estimate of drug-likeness (QED) is 0.826. The molecule has 1 fully saturated rings. The van der Waals surface area contributed by atoms with Gasteiger partial charge in [0.1, 0.15) is 0 Å². The van der Waals surface area contributed by atoms with Gasteiger partial charge >= 0.3 is 0 Å². The first kappa shape index (κ1) is 12.0. The van der Waals surface area contributed by atoms with Crippen LogP contribution >= 0.6 is 0 Å². The van der Waals surface area contributed by atoms with Crippen LogP contribution in [0.25, 0.3) is 10.9 Å². The molecule has 0 saturated carbocycles. The van der Waals surface area contributed by atoms with Crippen molar-refractivity contribution < 1.29 is 4.79 Å². The number of hydrogen-bond acceptors (Lipinski definition) is 2. The first-order valence-electron chi connectivity index (χ1n) is 7.23. The normalized spacial score (nSPS) is 29.4. The van der Waals surface area contributed by atoms with E-state index in [1.807, 2.05) is 0 Å². The Hall–Kier alpha value is -1.81. The van der Waals surface area contributed by atoms with Crippen molar-refractivity contribution in [3.8, 4) is 0 Å². The van der Waals surface area contributed by atoms with Gasteiger partial charge in [0, 0.05) is 35.6 Å². The SMILES string of the molecule is CN1CC(C(N)=O)CC2c3cccc4[nH]cc(c34)C[C@H]21. The van der Waals surface area contributed by atoms with Crippen LogP contribution in [0.1, 0.15) is 23.5 Å². The number of fused-ring (bicyclic) bond motifs is 2. The third-order valence-electron chi connectivity index (χ3n) is 5.13. The van der Waals surface area contributed by atoms with Crippen molar-refractivity contribution in [2.24, 2.45) is 11.7 Å². The third-order valence-corrected chi connectivity index (χ3v) is 5.13. The number of benzene rings is 1. The molecule has 1 aliphatic carbocycles. The number of primary amides is 1. The van der Waals surface area contributed by atoms with Crippen LogP contribution < -0.4 is 5.73 Å². The third kappa shape index (κ3) is 1.54. The number of nitrogens with one attached hydrogen (secondary N) is 1. The molecule has 0 spiro atoms. The Labute approximate surface area is 117 Å². The molecule has 1 aliphatic heterocycles. The van der Waals surface area contributed by atoms with E-state index >= 15 is 0 Å². The number of nitrogens with zero attached hydrogens (tertiary/aromatic N) is 1. The van der Waals surface area contributed by atoms with Crippen LogP contribution in [0.5, 0.6) is 0 Å². The van der Waals surface area contributed by atoms with Gasteiger partial charge in [-0.3, -0.25) is 4.79 Å². The molecule has 4 rings (SSSR count). The molecule has 20 heavy (non-hydrogen) atoms. The molecule has 2 aromatic rings. The molecule has 1 amide bonds. The van der Waals surface area contributed by atoms with Gasteiger partial charge in [0.15, 0.2) is 0 Å². The molecule has 0 radical (unpaired) electrons. The van der Waals surface area contributed by atoms with Crippen molar-refractivity contribution in [1.29, 1.82) is 0 Å². The van der Waals surface area contributed by atoms with Crippen molar-refractivity contribution in [3.05, 3.63) is 35.5 Å². The van der Waals surface area contributed by atoms with Crippen molar-refractivity contribution >= 4 is 16.8 Å². The first-order valence-corrected chi connectivity index (χ1v) is 7.23. The molecular weight excluding hydrogens is 250 g/mol. The molecule has 4 nitrogen and oxygen atoms in total. The van der Waals surface area contributed by atoms with E-state index in [0.717, 1.165) is 19.4 Å². The van der Waals surface area contributed by atoms with Crippen LogP contribution in [0.2, 0.25) is 0 Å². The summed E-state index contributed by atoms with van der Waals surface area (Å²) in [6.45, 7) is 0.784. The lowest BCUT2D eigenvalue weighted by atomic mass is 9.72. The lowest BCUT2D eigenvalue weighted by molar-refractivity contribution is -0.124. The van der Waals surface area contributed by atoms with Crippen molar-refractivity contribution in [2.45, 2.75) is 24.8 Å². The molecular formula is C16H19N3O. The van der Waals surface area contributed by atoms with Crippen LogP contribution in [0.3, 0.4) is 0 Å². The second kappa shape index (κ2) is 4.09. The molecule has 0 bridgehead atoms.